The third kappa shape index (κ3) is 5.45. The van der Waals surface area contributed by atoms with Crippen molar-refractivity contribution in [2.24, 2.45) is 5.92 Å². The van der Waals surface area contributed by atoms with Crippen molar-refractivity contribution >= 4 is 15.9 Å². The monoisotopic (exact) mass is 491 g/mol. The zero-order valence-electron chi connectivity index (χ0n) is 19.9. The van der Waals surface area contributed by atoms with E-state index in [2.05, 4.69) is 21.4 Å². The van der Waals surface area contributed by atoms with E-state index < -0.39 is 21.5 Å². The van der Waals surface area contributed by atoms with Crippen molar-refractivity contribution in [3.63, 3.8) is 0 Å². The predicted octanol–water partition coefficient (Wildman–Crippen LogP) is 3.26. The summed E-state index contributed by atoms with van der Waals surface area (Å²) in [5.41, 5.74) is 1.65. The number of benzene rings is 2. The molecule has 2 atom stereocenters. The Labute approximate surface area is 206 Å². The number of nitrogens with one attached hydrogen (secondary N) is 2. The quantitative estimate of drug-likeness (QED) is 0.526. The van der Waals surface area contributed by atoms with Gasteiger partial charge in [-0.3, -0.25) is 4.79 Å². The Hall–Kier alpha value is -3.48. The Morgan fingerprint density at radius 3 is 2.57 bits per heavy atom. The van der Waals surface area contributed by atoms with Crippen LogP contribution in [0.15, 0.2) is 65.8 Å². The summed E-state index contributed by atoms with van der Waals surface area (Å²) in [5, 5.41) is 12.2. The van der Waals surface area contributed by atoms with Gasteiger partial charge in [-0.2, -0.15) is 9.57 Å². The van der Waals surface area contributed by atoms with Crippen LogP contribution in [0.3, 0.4) is 0 Å². The Balaban J connectivity index is 1.52. The lowest BCUT2D eigenvalue weighted by atomic mass is 9.89. The topological polar surface area (TPSA) is 119 Å². The highest BCUT2D eigenvalue weighted by Gasteiger charge is 2.37. The van der Waals surface area contributed by atoms with Gasteiger partial charge in [-0.25, -0.2) is 13.4 Å². The number of rotatable bonds is 7. The summed E-state index contributed by atoms with van der Waals surface area (Å²) in [7, 11) is -3.68. The molecule has 0 unspecified atom stereocenters. The number of carbonyl (C=O) groups excluding carboxylic acids is 1. The fourth-order valence-electron chi connectivity index (χ4n) is 4.47. The smallest absolute Gasteiger partial charge is 0.243 e. The van der Waals surface area contributed by atoms with E-state index in [1.807, 2.05) is 26.0 Å². The van der Waals surface area contributed by atoms with Crippen LogP contribution in [0.5, 0.6) is 0 Å². The molecule has 1 amide bonds. The van der Waals surface area contributed by atoms with Gasteiger partial charge in [0.2, 0.25) is 15.9 Å². The number of hydrogen-bond donors (Lipinski definition) is 2. The first-order valence-electron chi connectivity index (χ1n) is 11.6. The van der Waals surface area contributed by atoms with Crippen LogP contribution in [0.1, 0.15) is 42.3 Å². The number of aryl methyl sites for hydroxylation is 1. The van der Waals surface area contributed by atoms with Crippen LogP contribution >= 0.6 is 0 Å². The van der Waals surface area contributed by atoms with E-state index in [4.69, 9.17) is 5.26 Å². The molecular formula is C26H29N5O3S. The van der Waals surface area contributed by atoms with E-state index in [-0.39, 0.29) is 17.3 Å². The number of carbonyl (C=O) groups is 1. The van der Waals surface area contributed by atoms with Crippen LogP contribution in [0.4, 0.5) is 0 Å². The van der Waals surface area contributed by atoms with Crippen molar-refractivity contribution in [3.05, 3.63) is 83.4 Å². The number of hydrogen-bond acceptors (Lipinski definition) is 5. The third-order valence-corrected chi connectivity index (χ3v) is 8.35. The second-order valence-electron chi connectivity index (χ2n) is 9.26. The zero-order chi connectivity index (χ0) is 25.1. The maximum Gasteiger partial charge on any atom is 0.243 e. The highest BCUT2D eigenvalue weighted by atomic mass is 32.2. The second-order valence-corrected chi connectivity index (χ2v) is 11.2. The van der Waals surface area contributed by atoms with Crippen molar-refractivity contribution < 1.29 is 13.2 Å². The van der Waals surface area contributed by atoms with Gasteiger partial charge in [-0.05, 0) is 56.5 Å². The molecular weight excluding hydrogens is 462 g/mol. The first-order chi connectivity index (χ1) is 16.7. The minimum atomic E-state index is -3.68. The van der Waals surface area contributed by atoms with Gasteiger partial charge in [0.15, 0.2) is 0 Å². The van der Waals surface area contributed by atoms with Gasteiger partial charge in [-0.15, -0.1) is 0 Å². The van der Waals surface area contributed by atoms with Crippen molar-refractivity contribution in [1.29, 1.82) is 5.26 Å². The molecule has 1 aromatic heterocycles. The number of sulfonamides is 1. The Bertz CT molecular complexity index is 1310. The summed E-state index contributed by atoms with van der Waals surface area (Å²) < 4.78 is 27.8. The van der Waals surface area contributed by atoms with E-state index in [0.29, 0.717) is 37.2 Å². The van der Waals surface area contributed by atoms with Crippen molar-refractivity contribution in [1.82, 2.24) is 19.6 Å². The molecule has 1 aliphatic rings. The SMILES string of the molecule is Cc1ccc(S(=O)(=O)N2CCC[C@H](C(=O)N[C@@](C)(Cc3ccc(C#N)cc3)c3ncc[nH]3)C2)cc1. The molecule has 8 nitrogen and oxygen atoms in total. The van der Waals surface area contributed by atoms with E-state index in [1.165, 1.54) is 4.31 Å². The summed E-state index contributed by atoms with van der Waals surface area (Å²) in [6, 6.07) is 16.1. The normalized spacial score (nSPS) is 18.4. The number of aromatic nitrogens is 2. The molecule has 0 radical (unpaired) electrons. The van der Waals surface area contributed by atoms with Gasteiger partial charge in [-0.1, -0.05) is 29.8 Å². The van der Waals surface area contributed by atoms with Crippen LogP contribution in [0.25, 0.3) is 0 Å². The predicted molar refractivity (Wildman–Crippen MR) is 132 cm³/mol. The fourth-order valence-corrected chi connectivity index (χ4v) is 5.99. The molecule has 1 saturated heterocycles. The number of nitrogens with zero attached hydrogens (tertiary/aromatic N) is 3. The Morgan fingerprint density at radius 2 is 1.94 bits per heavy atom. The van der Waals surface area contributed by atoms with E-state index in [0.717, 1.165) is 11.1 Å². The lowest BCUT2D eigenvalue weighted by Crippen LogP contribution is -2.52. The van der Waals surface area contributed by atoms with Crippen molar-refractivity contribution in [3.8, 4) is 6.07 Å². The van der Waals surface area contributed by atoms with E-state index in [1.54, 1.807) is 48.8 Å². The van der Waals surface area contributed by atoms with Gasteiger partial charge in [0, 0.05) is 31.9 Å². The Kier molecular flexibility index (Phi) is 7.05. The van der Waals surface area contributed by atoms with Crippen LogP contribution in [0, 0.1) is 24.2 Å². The first kappa shape index (κ1) is 24.6. The summed E-state index contributed by atoms with van der Waals surface area (Å²) in [6.45, 7) is 4.32. The highest BCUT2D eigenvalue weighted by Crippen LogP contribution is 2.27. The molecule has 182 valence electrons. The van der Waals surface area contributed by atoms with Gasteiger partial charge in [0.1, 0.15) is 5.82 Å². The third-order valence-electron chi connectivity index (χ3n) is 6.47. The molecule has 0 spiro atoms. The molecule has 1 aliphatic heterocycles. The molecule has 9 heteroatoms. The number of piperidine rings is 1. The summed E-state index contributed by atoms with van der Waals surface area (Å²) in [5.74, 6) is -0.0734. The van der Waals surface area contributed by atoms with E-state index in [9.17, 15) is 13.2 Å². The molecule has 3 aromatic rings. The molecule has 0 bridgehead atoms. The van der Waals surface area contributed by atoms with Gasteiger partial charge in [0.05, 0.1) is 28.0 Å². The minimum absolute atomic E-state index is 0.132. The van der Waals surface area contributed by atoms with Crippen molar-refractivity contribution in [2.75, 3.05) is 13.1 Å². The standard InChI is InChI=1S/C26H29N5O3S/c1-19-5-11-23(12-6-19)35(33,34)31-15-3-4-22(18-31)24(32)30-26(2,25-28-13-14-29-25)16-20-7-9-21(17-27)10-8-20/h5-14,22H,3-4,15-16,18H2,1-2H3,(H,28,29)(H,30,32)/t22-,26-/m0/s1. The van der Waals surface area contributed by atoms with Gasteiger partial charge in [0.25, 0.3) is 0 Å². The first-order valence-corrected chi connectivity index (χ1v) is 13.0. The Morgan fingerprint density at radius 1 is 1.23 bits per heavy atom. The molecule has 1 fully saturated rings. The number of imidazole rings is 1. The van der Waals surface area contributed by atoms with Crippen LogP contribution in [-0.4, -0.2) is 41.7 Å². The fraction of sp³-hybridized carbons (Fsp3) is 0.346. The second kappa shape index (κ2) is 10.0. The average Bonchev–Trinajstić information content (AvgIpc) is 3.41. The summed E-state index contributed by atoms with van der Waals surface area (Å²) >= 11 is 0. The number of aromatic amines is 1. The lowest BCUT2D eigenvalue weighted by molar-refractivity contribution is -0.128. The largest absolute Gasteiger partial charge is 0.347 e. The molecule has 2 heterocycles. The minimum Gasteiger partial charge on any atom is -0.347 e. The number of nitriles is 1. The molecule has 0 aliphatic carbocycles. The number of H-pyrrole nitrogens is 1. The molecule has 2 aromatic carbocycles. The van der Waals surface area contributed by atoms with Gasteiger partial charge >= 0.3 is 0 Å². The van der Waals surface area contributed by atoms with E-state index >= 15 is 0 Å². The lowest BCUT2D eigenvalue weighted by Gasteiger charge is -2.35. The van der Waals surface area contributed by atoms with Crippen LogP contribution in [-0.2, 0) is 26.8 Å². The molecule has 35 heavy (non-hydrogen) atoms. The zero-order valence-corrected chi connectivity index (χ0v) is 20.7. The maximum absolute atomic E-state index is 13.4. The maximum atomic E-state index is 13.4. The summed E-state index contributed by atoms with van der Waals surface area (Å²) in [4.78, 5) is 21.2. The molecule has 0 saturated carbocycles. The van der Waals surface area contributed by atoms with Crippen LogP contribution in [0.2, 0.25) is 0 Å². The van der Waals surface area contributed by atoms with Gasteiger partial charge < -0.3 is 10.3 Å². The van der Waals surface area contributed by atoms with Crippen molar-refractivity contribution in [2.45, 2.75) is 43.5 Å². The average molecular weight is 492 g/mol. The number of amides is 1. The molecule has 4 rings (SSSR count). The molecule has 2 N–H and O–H groups in total. The summed E-state index contributed by atoms with van der Waals surface area (Å²) in [6.07, 6.45) is 5.01. The highest BCUT2D eigenvalue weighted by molar-refractivity contribution is 7.89. The van der Waals surface area contributed by atoms with Crippen LogP contribution < -0.4 is 5.32 Å².